The minimum Gasteiger partial charge on any atom is -0.378 e. The van der Waals surface area contributed by atoms with E-state index in [4.69, 9.17) is 16.3 Å². The van der Waals surface area contributed by atoms with Gasteiger partial charge in [-0.25, -0.2) is 26.6 Å². The van der Waals surface area contributed by atoms with Crippen LogP contribution in [0.5, 0.6) is 0 Å². The molecule has 3 aromatic rings. The highest BCUT2D eigenvalue weighted by Crippen LogP contribution is 2.45. The van der Waals surface area contributed by atoms with Gasteiger partial charge < -0.3 is 4.74 Å². The summed E-state index contributed by atoms with van der Waals surface area (Å²) in [5.74, 6) is 0.200. The van der Waals surface area contributed by atoms with Crippen LogP contribution in [0, 0.1) is 0 Å². The molecule has 1 N–H and O–H groups in total. The third-order valence-corrected chi connectivity index (χ3v) is 7.47. The summed E-state index contributed by atoms with van der Waals surface area (Å²) >= 11 is 7.16. The number of ether oxygens (including phenoxy) is 1. The molecule has 0 radical (unpaired) electrons. The molecular weight excluding hydrogens is 448 g/mol. The van der Waals surface area contributed by atoms with Crippen LogP contribution in [-0.2, 0) is 14.8 Å². The third-order valence-electron chi connectivity index (χ3n) is 4.77. The van der Waals surface area contributed by atoms with Gasteiger partial charge in [-0.2, -0.15) is 5.10 Å². The highest BCUT2D eigenvalue weighted by molar-refractivity contribution is 7.89. The molecular formula is C16H14ClF2N5O3S2. The normalized spacial score (nSPS) is 17.9. The molecule has 29 heavy (non-hydrogen) atoms. The summed E-state index contributed by atoms with van der Waals surface area (Å²) < 4.78 is 60.3. The van der Waals surface area contributed by atoms with Crippen molar-refractivity contribution in [2.75, 3.05) is 13.2 Å². The van der Waals surface area contributed by atoms with E-state index >= 15 is 0 Å². The first-order valence-corrected chi connectivity index (χ1v) is 11.5. The van der Waals surface area contributed by atoms with E-state index in [9.17, 15) is 17.2 Å². The van der Waals surface area contributed by atoms with Crippen LogP contribution in [0.15, 0.2) is 17.0 Å². The van der Waals surface area contributed by atoms with Crippen LogP contribution in [0.3, 0.4) is 0 Å². The van der Waals surface area contributed by atoms with E-state index in [0.29, 0.717) is 41.1 Å². The zero-order valence-electron chi connectivity index (χ0n) is 14.7. The summed E-state index contributed by atoms with van der Waals surface area (Å²) in [5, 5.41) is 12.4. The molecule has 1 saturated carbocycles. The van der Waals surface area contributed by atoms with Gasteiger partial charge in [0.25, 0.3) is 6.43 Å². The number of rotatable bonds is 6. The second-order valence-corrected chi connectivity index (χ2v) is 10.1. The minimum absolute atomic E-state index is 0.0380. The van der Waals surface area contributed by atoms with Crippen LogP contribution in [-0.4, -0.2) is 47.7 Å². The Bertz CT molecular complexity index is 1200. The Kier molecular flexibility index (Phi) is 4.59. The number of halogens is 3. The average Bonchev–Trinajstić information content (AvgIpc) is 3.22. The van der Waals surface area contributed by atoms with E-state index in [1.807, 2.05) is 0 Å². The Labute approximate surface area is 172 Å². The van der Waals surface area contributed by atoms with Gasteiger partial charge in [0.2, 0.25) is 15.2 Å². The Morgan fingerprint density at radius 3 is 2.62 bits per heavy atom. The Morgan fingerprint density at radius 1 is 1.28 bits per heavy atom. The topological polar surface area (TPSA) is 99.0 Å². The largest absolute Gasteiger partial charge is 0.378 e. The molecule has 5 rings (SSSR count). The number of nitrogens with zero attached hydrogens (tertiary/aromatic N) is 4. The number of sulfonamides is 1. The van der Waals surface area contributed by atoms with Gasteiger partial charge in [0, 0.05) is 11.3 Å². The number of aromatic nitrogens is 4. The molecule has 13 heteroatoms. The van der Waals surface area contributed by atoms with Crippen molar-refractivity contribution in [3.63, 3.8) is 0 Å². The van der Waals surface area contributed by atoms with Crippen LogP contribution >= 0.6 is 22.9 Å². The van der Waals surface area contributed by atoms with E-state index in [-0.39, 0.29) is 27.0 Å². The number of nitrogens with one attached hydrogen (secondary N) is 1. The van der Waals surface area contributed by atoms with Gasteiger partial charge in [-0.05, 0) is 25.0 Å². The maximum absolute atomic E-state index is 13.0. The number of benzene rings is 1. The van der Waals surface area contributed by atoms with Crippen molar-refractivity contribution < 1.29 is 21.9 Å². The molecule has 1 saturated heterocycles. The quantitative estimate of drug-likeness (QED) is 0.605. The van der Waals surface area contributed by atoms with Crippen LogP contribution in [0.1, 0.15) is 35.9 Å². The van der Waals surface area contributed by atoms with Gasteiger partial charge in [0.1, 0.15) is 0 Å². The van der Waals surface area contributed by atoms with E-state index in [0.717, 1.165) is 12.8 Å². The lowest BCUT2D eigenvalue weighted by molar-refractivity contribution is 0.00482. The Balaban J connectivity index is 1.67. The van der Waals surface area contributed by atoms with E-state index < -0.39 is 21.5 Å². The van der Waals surface area contributed by atoms with Crippen molar-refractivity contribution >= 4 is 43.9 Å². The number of alkyl halides is 2. The molecule has 154 valence electrons. The molecule has 1 aliphatic heterocycles. The van der Waals surface area contributed by atoms with Gasteiger partial charge in [-0.3, -0.25) is 0 Å². The molecule has 2 fully saturated rings. The van der Waals surface area contributed by atoms with Crippen molar-refractivity contribution in [2.45, 2.75) is 36.1 Å². The first-order valence-electron chi connectivity index (χ1n) is 8.77. The highest BCUT2D eigenvalue weighted by atomic mass is 35.5. The molecule has 0 bridgehead atoms. The van der Waals surface area contributed by atoms with Gasteiger partial charge in [-0.15, -0.1) is 10.2 Å². The minimum atomic E-state index is -3.85. The molecule has 8 nitrogen and oxygen atoms in total. The van der Waals surface area contributed by atoms with E-state index in [2.05, 4.69) is 20.0 Å². The lowest BCUT2D eigenvalue weighted by Crippen LogP contribution is -2.48. The second kappa shape index (κ2) is 6.91. The van der Waals surface area contributed by atoms with Crippen LogP contribution < -0.4 is 4.72 Å². The molecule has 0 atom stereocenters. The first-order chi connectivity index (χ1) is 13.8. The fourth-order valence-electron chi connectivity index (χ4n) is 3.14. The third kappa shape index (κ3) is 3.42. The lowest BCUT2D eigenvalue weighted by atomic mass is 10.1. The highest BCUT2D eigenvalue weighted by Gasteiger charge is 2.33. The maximum atomic E-state index is 13.0. The van der Waals surface area contributed by atoms with Crippen LogP contribution in [0.25, 0.3) is 16.0 Å². The average molecular weight is 462 g/mol. The van der Waals surface area contributed by atoms with Crippen LogP contribution in [0.4, 0.5) is 8.78 Å². The first kappa shape index (κ1) is 19.2. The molecule has 2 aliphatic rings. The number of fused-ring (bicyclic) bond motifs is 1. The van der Waals surface area contributed by atoms with Crippen molar-refractivity contribution in [3.8, 4) is 5.13 Å². The van der Waals surface area contributed by atoms with Crippen molar-refractivity contribution in [3.05, 3.63) is 27.9 Å². The summed E-state index contributed by atoms with van der Waals surface area (Å²) in [6.45, 7) is 0.611. The fraction of sp³-hybridized carbons (Fsp3) is 0.438. The van der Waals surface area contributed by atoms with Crippen LogP contribution in [0.2, 0.25) is 5.02 Å². The Hall–Kier alpha value is -1.73. The number of hydrogen-bond donors (Lipinski definition) is 1. The molecule has 0 spiro atoms. The van der Waals surface area contributed by atoms with E-state index in [1.54, 1.807) is 0 Å². The summed E-state index contributed by atoms with van der Waals surface area (Å²) in [4.78, 5) is -0.0380. The summed E-state index contributed by atoms with van der Waals surface area (Å²) in [5.41, 5.74) is 1.10. The van der Waals surface area contributed by atoms with E-state index in [1.165, 1.54) is 16.8 Å². The Morgan fingerprint density at radius 2 is 2.03 bits per heavy atom. The molecule has 0 unspecified atom stereocenters. The molecule has 1 aliphatic carbocycles. The zero-order chi connectivity index (χ0) is 20.3. The van der Waals surface area contributed by atoms with Crippen molar-refractivity contribution in [2.24, 2.45) is 0 Å². The fourth-order valence-corrected chi connectivity index (χ4v) is 5.43. The van der Waals surface area contributed by atoms with Gasteiger partial charge >= 0.3 is 0 Å². The van der Waals surface area contributed by atoms with Gasteiger partial charge in [0.15, 0.2) is 5.01 Å². The molecule has 3 heterocycles. The predicted molar refractivity (Wildman–Crippen MR) is 101 cm³/mol. The molecule has 2 aromatic heterocycles. The van der Waals surface area contributed by atoms with Gasteiger partial charge in [0.05, 0.1) is 40.4 Å². The summed E-state index contributed by atoms with van der Waals surface area (Å²) in [6.07, 6.45) is -0.881. The summed E-state index contributed by atoms with van der Waals surface area (Å²) in [6, 6.07) is 2.53. The second-order valence-electron chi connectivity index (χ2n) is 6.95. The number of hydrogen-bond acceptors (Lipinski definition) is 7. The van der Waals surface area contributed by atoms with Gasteiger partial charge in [-0.1, -0.05) is 22.9 Å². The SMILES string of the molecule is O=S(=O)(NC1COC1)c1cc(Cl)c2c(C3CC3)nn(-c3nnc(C(F)F)s3)c2c1. The lowest BCUT2D eigenvalue weighted by Gasteiger charge is -2.26. The summed E-state index contributed by atoms with van der Waals surface area (Å²) in [7, 11) is -3.85. The maximum Gasteiger partial charge on any atom is 0.291 e. The molecule has 1 aromatic carbocycles. The monoisotopic (exact) mass is 461 g/mol. The van der Waals surface area contributed by atoms with Crippen molar-refractivity contribution in [1.29, 1.82) is 0 Å². The molecule has 0 amide bonds. The predicted octanol–water partition coefficient (Wildman–Crippen LogP) is 3.02. The van der Waals surface area contributed by atoms with Crippen molar-refractivity contribution in [1.82, 2.24) is 24.7 Å². The zero-order valence-corrected chi connectivity index (χ0v) is 17.1. The standard InChI is InChI=1S/C16H14ClF2N5O3S2/c17-10-3-9(29(25,26)23-8-5-27-6-8)4-11-12(10)13(7-1-2-7)22-24(11)16-21-20-15(28-16)14(18)19/h3-4,7-8,14,23H,1-2,5-6H2. The smallest absolute Gasteiger partial charge is 0.291 e.